The van der Waals surface area contributed by atoms with Gasteiger partial charge in [0.1, 0.15) is 24.3 Å². The normalized spacial score (nSPS) is 28.4. The second-order valence-electron chi connectivity index (χ2n) is 13.8. The molecule has 0 saturated carbocycles. The molecule has 2 bridgehead atoms. The van der Waals surface area contributed by atoms with Gasteiger partial charge in [0.25, 0.3) is 0 Å². The molecule has 45 heavy (non-hydrogen) atoms. The van der Waals surface area contributed by atoms with Crippen molar-refractivity contribution in [1.29, 1.82) is 5.26 Å². The van der Waals surface area contributed by atoms with E-state index in [2.05, 4.69) is 27.3 Å². The summed E-state index contributed by atoms with van der Waals surface area (Å²) in [6.07, 6.45) is 4.11. The van der Waals surface area contributed by atoms with Crippen LogP contribution < -0.4 is 15.0 Å². The fourth-order valence-electron chi connectivity index (χ4n) is 9.18. The number of phenolic OH excluding ortho intramolecular Hbond substituents is 1. The van der Waals surface area contributed by atoms with Crippen LogP contribution in [0.5, 0.6) is 11.8 Å². The zero-order chi connectivity index (χ0) is 30.4. The standard InChI is InChI=1S/C35H36FN7O2/c1-19-28-32(30-26(8-10-37)25-5-2-4-20-12-24(44)13-27(29(20)25)31(30)38-19)40-34(41-33(28)42-16-22-6-7-23(17-42)39-22)45-18-35-9-3-11-43(35)15-21(36)14-35/h2,4-5,12-13,21-23,26,39,44H,3,6-9,11,14-18H2,1H3/t21-,22?,23?,26?,35+/m1/s1. The van der Waals surface area contributed by atoms with Crippen molar-refractivity contribution >= 4 is 27.5 Å². The third-order valence-corrected chi connectivity index (χ3v) is 11.0. The molecule has 6 heterocycles. The number of nitrogens with one attached hydrogen (secondary N) is 1. The molecule has 5 atom stereocenters. The molecule has 0 amide bonds. The number of aromatic hydroxyl groups is 1. The maximum absolute atomic E-state index is 14.6. The third-order valence-electron chi connectivity index (χ3n) is 11.0. The number of phenols is 1. The maximum Gasteiger partial charge on any atom is 0.319 e. The Hall–Kier alpha value is -4.07. The number of piperazine rings is 1. The van der Waals surface area contributed by atoms with E-state index >= 15 is 0 Å². The molecule has 4 aliphatic heterocycles. The summed E-state index contributed by atoms with van der Waals surface area (Å²) in [5.41, 5.74) is 4.72. The Bertz CT molecular complexity index is 1910. The zero-order valence-corrected chi connectivity index (χ0v) is 25.4. The molecule has 2 aromatic carbocycles. The summed E-state index contributed by atoms with van der Waals surface area (Å²) < 4.78 is 21.1. The second kappa shape index (κ2) is 9.96. The molecule has 2 aromatic heterocycles. The van der Waals surface area contributed by atoms with E-state index in [0.717, 1.165) is 101 Å². The van der Waals surface area contributed by atoms with Gasteiger partial charge in [0, 0.05) is 61.6 Å². The SMILES string of the molecule is Cc1nc2c(c3nc(OC[C@@]45CCCN4C[C@H](F)C5)nc(N4CC5CCC(C4)N5)c13)C(CC#N)c1cccc3cc(O)cc-2c13. The summed E-state index contributed by atoms with van der Waals surface area (Å²) in [6, 6.07) is 13.1. The van der Waals surface area contributed by atoms with Gasteiger partial charge in [0.05, 0.1) is 33.9 Å². The Labute approximate surface area is 261 Å². The van der Waals surface area contributed by atoms with E-state index in [0.29, 0.717) is 31.7 Å². The highest BCUT2D eigenvalue weighted by molar-refractivity contribution is 6.07. The van der Waals surface area contributed by atoms with Gasteiger partial charge in [-0.3, -0.25) is 9.88 Å². The zero-order valence-electron chi connectivity index (χ0n) is 25.4. The summed E-state index contributed by atoms with van der Waals surface area (Å²) in [5.74, 6) is 0.722. The number of pyridine rings is 1. The quantitative estimate of drug-likeness (QED) is 0.321. The van der Waals surface area contributed by atoms with E-state index in [1.54, 1.807) is 12.1 Å². The molecule has 230 valence electrons. The number of alkyl halides is 1. The molecular formula is C35H36FN7O2. The van der Waals surface area contributed by atoms with Gasteiger partial charge in [-0.15, -0.1) is 0 Å². The van der Waals surface area contributed by atoms with Crippen molar-refractivity contribution in [3.63, 3.8) is 0 Å². The number of ether oxygens (including phenoxy) is 1. The predicted octanol–water partition coefficient (Wildman–Crippen LogP) is 5.11. The fourth-order valence-corrected chi connectivity index (χ4v) is 9.18. The van der Waals surface area contributed by atoms with Crippen LogP contribution in [0.1, 0.15) is 61.3 Å². The highest BCUT2D eigenvalue weighted by Crippen LogP contribution is 2.50. The van der Waals surface area contributed by atoms with Gasteiger partial charge in [-0.25, -0.2) is 4.39 Å². The van der Waals surface area contributed by atoms with Gasteiger partial charge in [-0.2, -0.15) is 15.2 Å². The number of aromatic nitrogens is 3. The van der Waals surface area contributed by atoms with Gasteiger partial charge in [0.15, 0.2) is 0 Å². The van der Waals surface area contributed by atoms with Crippen molar-refractivity contribution in [3.05, 3.63) is 47.2 Å². The highest BCUT2D eigenvalue weighted by Gasteiger charge is 2.49. The Kier molecular flexibility index (Phi) is 6.04. The number of nitrogens with zero attached hydrogens (tertiary/aromatic N) is 6. The first kappa shape index (κ1) is 27.3. The molecular weight excluding hydrogens is 569 g/mol. The fraction of sp³-hybridized carbons (Fsp3) is 0.486. The molecule has 2 N–H and O–H groups in total. The van der Waals surface area contributed by atoms with Crippen LogP contribution in [0, 0.1) is 18.3 Å². The van der Waals surface area contributed by atoms with Crippen LogP contribution >= 0.6 is 0 Å². The minimum Gasteiger partial charge on any atom is -0.508 e. The molecule has 4 aromatic rings. The summed E-state index contributed by atoms with van der Waals surface area (Å²) in [7, 11) is 0. The van der Waals surface area contributed by atoms with Crippen molar-refractivity contribution in [2.24, 2.45) is 0 Å². The molecule has 9 rings (SSSR count). The van der Waals surface area contributed by atoms with Crippen molar-refractivity contribution in [3.8, 4) is 29.1 Å². The third kappa shape index (κ3) is 4.13. The van der Waals surface area contributed by atoms with Crippen LogP contribution in [0.25, 0.3) is 32.9 Å². The first-order valence-electron chi connectivity index (χ1n) is 16.3. The second-order valence-corrected chi connectivity index (χ2v) is 13.8. The van der Waals surface area contributed by atoms with Crippen molar-refractivity contribution in [2.75, 3.05) is 37.7 Å². The van der Waals surface area contributed by atoms with Crippen LogP contribution in [-0.2, 0) is 0 Å². The number of halogens is 1. The van der Waals surface area contributed by atoms with Gasteiger partial charge in [0.2, 0.25) is 0 Å². The Balaban J connectivity index is 1.26. The van der Waals surface area contributed by atoms with Crippen LogP contribution in [0.2, 0.25) is 0 Å². The first-order chi connectivity index (χ1) is 21.9. The number of anilines is 1. The minimum absolute atomic E-state index is 0.172. The maximum atomic E-state index is 14.6. The molecule has 9 nitrogen and oxygen atoms in total. The van der Waals surface area contributed by atoms with E-state index in [-0.39, 0.29) is 29.6 Å². The van der Waals surface area contributed by atoms with Crippen molar-refractivity contribution in [2.45, 2.75) is 75.2 Å². The molecule has 1 aliphatic carbocycles. The number of hydrogen-bond donors (Lipinski definition) is 2. The topological polar surface area (TPSA) is 110 Å². The summed E-state index contributed by atoms with van der Waals surface area (Å²) in [6.45, 7) is 5.36. The van der Waals surface area contributed by atoms with Gasteiger partial charge in [-0.1, -0.05) is 18.2 Å². The van der Waals surface area contributed by atoms with Crippen LogP contribution in [-0.4, -0.2) is 81.5 Å². The van der Waals surface area contributed by atoms with E-state index in [1.165, 1.54) is 0 Å². The Morgan fingerprint density at radius 3 is 2.80 bits per heavy atom. The van der Waals surface area contributed by atoms with Crippen LogP contribution in [0.3, 0.4) is 0 Å². The molecule has 0 spiro atoms. The number of aryl methyl sites for hydroxylation is 1. The van der Waals surface area contributed by atoms with E-state index in [4.69, 9.17) is 19.7 Å². The lowest BCUT2D eigenvalue weighted by molar-refractivity contribution is 0.107. The Morgan fingerprint density at radius 2 is 1.98 bits per heavy atom. The van der Waals surface area contributed by atoms with E-state index in [1.807, 2.05) is 19.1 Å². The molecule has 4 saturated heterocycles. The average Bonchev–Trinajstić information content (AvgIpc) is 3.67. The smallest absolute Gasteiger partial charge is 0.319 e. The molecule has 10 heteroatoms. The summed E-state index contributed by atoms with van der Waals surface area (Å²) >= 11 is 0. The highest BCUT2D eigenvalue weighted by atomic mass is 19.1. The lowest BCUT2D eigenvalue weighted by atomic mass is 9.76. The monoisotopic (exact) mass is 605 g/mol. The van der Waals surface area contributed by atoms with E-state index < -0.39 is 6.17 Å². The van der Waals surface area contributed by atoms with E-state index in [9.17, 15) is 14.8 Å². The predicted molar refractivity (Wildman–Crippen MR) is 169 cm³/mol. The van der Waals surface area contributed by atoms with Crippen molar-refractivity contribution < 1.29 is 14.2 Å². The number of nitriles is 1. The number of fused-ring (bicyclic) bond motifs is 7. The molecule has 0 radical (unpaired) electrons. The largest absolute Gasteiger partial charge is 0.508 e. The molecule has 4 fully saturated rings. The number of rotatable bonds is 5. The lowest BCUT2D eigenvalue weighted by Crippen LogP contribution is -2.51. The Morgan fingerprint density at radius 1 is 1.13 bits per heavy atom. The minimum atomic E-state index is -0.843. The van der Waals surface area contributed by atoms with Crippen molar-refractivity contribution in [1.82, 2.24) is 25.2 Å². The van der Waals surface area contributed by atoms with Crippen LogP contribution in [0.4, 0.5) is 10.2 Å². The summed E-state index contributed by atoms with van der Waals surface area (Å²) in [4.78, 5) is 20.0. The van der Waals surface area contributed by atoms with Gasteiger partial charge in [-0.05, 0) is 67.6 Å². The molecule has 5 aliphatic rings. The summed E-state index contributed by atoms with van der Waals surface area (Å²) in [5, 5.41) is 27.4. The van der Waals surface area contributed by atoms with Gasteiger partial charge >= 0.3 is 6.01 Å². The first-order valence-corrected chi connectivity index (χ1v) is 16.3. The number of benzene rings is 2. The lowest BCUT2D eigenvalue weighted by Gasteiger charge is -2.35. The van der Waals surface area contributed by atoms with Crippen LogP contribution in [0.15, 0.2) is 30.3 Å². The van der Waals surface area contributed by atoms with Gasteiger partial charge < -0.3 is 20.1 Å². The average molecular weight is 606 g/mol. The molecule has 3 unspecified atom stereocenters. The number of hydrogen-bond acceptors (Lipinski definition) is 9.